The lowest BCUT2D eigenvalue weighted by Gasteiger charge is -2.14. The largest absolute Gasteiger partial charge is 0.495 e. The number of benzene rings is 1. The Bertz CT molecular complexity index is 677. The lowest BCUT2D eigenvalue weighted by Crippen LogP contribution is -2.27. The number of nitrogens with one attached hydrogen (secondary N) is 1. The van der Waals surface area contributed by atoms with Crippen LogP contribution in [-0.4, -0.2) is 15.5 Å². The molecule has 6 heteroatoms. The average Bonchev–Trinajstić information content (AvgIpc) is 2.92. The first-order valence-electron chi connectivity index (χ1n) is 6.14. The minimum Gasteiger partial charge on any atom is -0.495 e. The standard InChI is InChI=1S/C14H17NO4S/c1-10-6-7-13(18-3)14(9-10)20(16,17)15-11(2)12-5-4-8-19-12/h4-9,11,15H,1-3H3/t11-/m1/s1. The van der Waals surface area contributed by atoms with Crippen molar-refractivity contribution in [3.8, 4) is 5.75 Å². The highest BCUT2D eigenvalue weighted by Crippen LogP contribution is 2.26. The number of hydrogen-bond donors (Lipinski definition) is 1. The zero-order valence-electron chi connectivity index (χ0n) is 11.6. The Morgan fingerprint density at radius 1 is 1.30 bits per heavy atom. The molecule has 108 valence electrons. The highest BCUT2D eigenvalue weighted by atomic mass is 32.2. The van der Waals surface area contributed by atoms with Crippen LogP contribution in [0.15, 0.2) is 45.9 Å². The minimum atomic E-state index is -3.69. The van der Waals surface area contributed by atoms with Crippen molar-refractivity contribution in [1.29, 1.82) is 0 Å². The van der Waals surface area contributed by atoms with E-state index in [1.807, 2.05) is 6.92 Å². The van der Waals surface area contributed by atoms with Crippen molar-refractivity contribution in [2.24, 2.45) is 0 Å². The second kappa shape index (κ2) is 5.68. The van der Waals surface area contributed by atoms with Crippen molar-refractivity contribution in [2.45, 2.75) is 24.8 Å². The molecule has 1 N–H and O–H groups in total. The molecule has 0 amide bonds. The van der Waals surface area contributed by atoms with E-state index >= 15 is 0 Å². The van der Waals surface area contributed by atoms with Gasteiger partial charge in [-0.25, -0.2) is 13.1 Å². The Labute approximate surface area is 118 Å². The van der Waals surface area contributed by atoms with Crippen LogP contribution in [0.25, 0.3) is 0 Å². The van der Waals surface area contributed by atoms with Crippen LogP contribution in [-0.2, 0) is 10.0 Å². The number of furan rings is 1. The fourth-order valence-electron chi connectivity index (χ4n) is 1.89. The molecule has 5 nitrogen and oxygen atoms in total. The van der Waals surface area contributed by atoms with Crippen LogP contribution in [0.1, 0.15) is 24.3 Å². The molecular formula is C14H17NO4S. The van der Waals surface area contributed by atoms with Crippen molar-refractivity contribution in [1.82, 2.24) is 4.72 Å². The number of rotatable bonds is 5. The molecule has 1 aromatic heterocycles. The van der Waals surface area contributed by atoms with E-state index in [0.717, 1.165) is 5.56 Å². The van der Waals surface area contributed by atoms with Crippen LogP contribution in [0, 0.1) is 6.92 Å². The number of hydrogen-bond acceptors (Lipinski definition) is 4. The minimum absolute atomic E-state index is 0.124. The molecule has 1 atom stereocenters. The number of ether oxygens (including phenoxy) is 1. The fourth-order valence-corrected chi connectivity index (χ4v) is 3.35. The summed E-state index contributed by atoms with van der Waals surface area (Å²) in [5.74, 6) is 0.870. The summed E-state index contributed by atoms with van der Waals surface area (Å²) in [6.45, 7) is 3.55. The zero-order chi connectivity index (χ0) is 14.8. The Morgan fingerprint density at radius 2 is 2.05 bits per heavy atom. The maximum atomic E-state index is 12.4. The number of sulfonamides is 1. The number of aryl methyl sites for hydroxylation is 1. The smallest absolute Gasteiger partial charge is 0.244 e. The summed E-state index contributed by atoms with van der Waals surface area (Å²) in [6.07, 6.45) is 1.51. The van der Waals surface area contributed by atoms with Gasteiger partial charge in [0.05, 0.1) is 19.4 Å². The molecule has 0 aliphatic carbocycles. The second-order valence-electron chi connectivity index (χ2n) is 4.51. The quantitative estimate of drug-likeness (QED) is 0.920. The molecule has 2 aromatic rings. The van der Waals surface area contributed by atoms with Gasteiger partial charge in [0.2, 0.25) is 10.0 Å². The highest BCUT2D eigenvalue weighted by Gasteiger charge is 2.23. The summed E-state index contributed by atoms with van der Waals surface area (Å²) in [5, 5.41) is 0. The van der Waals surface area contributed by atoms with Gasteiger partial charge in [0.25, 0.3) is 0 Å². The topological polar surface area (TPSA) is 68.5 Å². The number of methoxy groups -OCH3 is 1. The molecule has 0 aliphatic heterocycles. The molecular weight excluding hydrogens is 278 g/mol. The maximum absolute atomic E-state index is 12.4. The van der Waals surface area contributed by atoms with Gasteiger partial charge >= 0.3 is 0 Å². The van der Waals surface area contributed by atoms with Gasteiger partial charge < -0.3 is 9.15 Å². The van der Waals surface area contributed by atoms with Crippen molar-refractivity contribution >= 4 is 10.0 Å². The lowest BCUT2D eigenvalue weighted by atomic mass is 10.2. The highest BCUT2D eigenvalue weighted by molar-refractivity contribution is 7.89. The first kappa shape index (κ1) is 14.6. The summed E-state index contributed by atoms with van der Waals surface area (Å²) >= 11 is 0. The van der Waals surface area contributed by atoms with Crippen molar-refractivity contribution in [3.63, 3.8) is 0 Å². The van der Waals surface area contributed by atoms with Gasteiger partial charge in [-0.3, -0.25) is 0 Å². The molecule has 2 rings (SSSR count). The fraction of sp³-hybridized carbons (Fsp3) is 0.286. The normalized spacial score (nSPS) is 13.2. The third-order valence-corrected chi connectivity index (χ3v) is 4.47. The lowest BCUT2D eigenvalue weighted by molar-refractivity contribution is 0.401. The van der Waals surface area contributed by atoms with E-state index < -0.39 is 16.1 Å². The monoisotopic (exact) mass is 295 g/mol. The van der Waals surface area contributed by atoms with Crippen LogP contribution >= 0.6 is 0 Å². The Kier molecular flexibility index (Phi) is 4.15. The summed E-state index contributed by atoms with van der Waals surface area (Å²) in [4.78, 5) is 0.124. The molecule has 0 bridgehead atoms. The van der Waals surface area contributed by atoms with Crippen molar-refractivity contribution in [3.05, 3.63) is 47.9 Å². The van der Waals surface area contributed by atoms with Crippen LogP contribution < -0.4 is 9.46 Å². The molecule has 1 aromatic carbocycles. The Balaban J connectivity index is 2.33. The summed E-state index contributed by atoms with van der Waals surface area (Å²) < 4.78 is 37.8. The van der Waals surface area contributed by atoms with E-state index in [2.05, 4.69) is 4.72 Å². The first-order valence-corrected chi connectivity index (χ1v) is 7.63. The van der Waals surface area contributed by atoms with E-state index in [4.69, 9.17) is 9.15 Å². The molecule has 0 saturated carbocycles. The van der Waals surface area contributed by atoms with Crippen molar-refractivity contribution in [2.75, 3.05) is 7.11 Å². The molecule has 1 heterocycles. The third kappa shape index (κ3) is 3.02. The van der Waals surface area contributed by atoms with Gasteiger partial charge in [-0.2, -0.15) is 0 Å². The van der Waals surface area contributed by atoms with Gasteiger partial charge in [-0.1, -0.05) is 6.07 Å². The van der Waals surface area contributed by atoms with Crippen LogP contribution in [0.2, 0.25) is 0 Å². The van der Waals surface area contributed by atoms with E-state index in [0.29, 0.717) is 11.5 Å². The van der Waals surface area contributed by atoms with E-state index in [1.165, 1.54) is 13.4 Å². The molecule has 0 spiro atoms. The van der Waals surface area contributed by atoms with E-state index in [-0.39, 0.29) is 4.90 Å². The Hall–Kier alpha value is -1.79. The summed E-state index contributed by atoms with van der Waals surface area (Å²) in [7, 11) is -2.24. The predicted octanol–water partition coefficient (Wildman–Crippen LogP) is 2.64. The maximum Gasteiger partial charge on any atom is 0.244 e. The van der Waals surface area contributed by atoms with Gasteiger partial charge in [-0.05, 0) is 43.7 Å². The molecule has 0 radical (unpaired) electrons. The molecule has 0 saturated heterocycles. The zero-order valence-corrected chi connectivity index (χ0v) is 12.4. The van der Waals surface area contributed by atoms with Gasteiger partial charge in [0.15, 0.2) is 0 Å². The molecule has 0 fully saturated rings. The predicted molar refractivity (Wildman–Crippen MR) is 75.2 cm³/mol. The average molecular weight is 295 g/mol. The van der Waals surface area contributed by atoms with E-state index in [1.54, 1.807) is 37.3 Å². The summed E-state index contributed by atoms with van der Waals surface area (Å²) in [6, 6.07) is 8.00. The van der Waals surface area contributed by atoms with Gasteiger partial charge in [0.1, 0.15) is 16.4 Å². The first-order chi connectivity index (χ1) is 9.44. The van der Waals surface area contributed by atoms with Crippen LogP contribution in [0.5, 0.6) is 5.75 Å². The summed E-state index contributed by atoms with van der Waals surface area (Å²) in [5.41, 5.74) is 0.844. The van der Waals surface area contributed by atoms with Crippen molar-refractivity contribution < 1.29 is 17.6 Å². The SMILES string of the molecule is COc1ccc(C)cc1S(=O)(=O)N[C@H](C)c1ccco1. The third-order valence-electron chi connectivity index (χ3n) is 2.91. The van der Waals surface area contributed by atoms with Gasteiger partial charge in [-0.15, -0.1) is 0 Å². The Morgan fingerprint density at radius 3 is 2.65 bits per heavy atom. The molecule has 20 heavy (non-hydrogen) atoms. The van der Waals surface area contributed by atoms with E-state index in [9.17, 15) is 8.42 Å². The second-order valence-corrected chi connectivity index (χ2v) is 6.20. The molecule has 0 aliphatic rings. The van der Waals surface area contributed by atoms with Gasteiger partial charge in [0, 0.05) is 0 Å². The molecule has 0 unspecified atom stereocenters. The van der Waals surface area contributed by atoms with Crippen LogP contribution in [0.4, 0.5) is 0 Å². The van der Waals surface area contributed by atoms with Crippen LogP contribution in [0.3, 0.4) is 0 Å².